The van der Waals surface area contributed by atoms with Crippen LogP contribution in [0.3, 0.4) is 0 Å². The molecule has 0 fully saturated rings. The van der Waals surface area contributed by atoms with Gasteiger partial charge in [0.15, 0.2) is 5.82 Å². The number of anilines is 1. The first-order valence-corrected chi connectivity index (χ1v) is 10.4. The topological polar surface area (TPSA) is 103 Å². The van der Waals surface area contributed by atoms with E-state index >= 15 is 0 Å². The van der Waals surface area contributed by atoms with Crippen LogP contribution in [0.1, 0.15) is 11.1 Å². The van der Waals surface area contributed by atoms with Crippen LogP contribution in [0.5, 0.6) is 5.88 Å². The Labute approximate surface area is 189 Å². The molecule has 1 amide bonds. The first-order valence-electron chi connectivity index (χ1n) is 10.4. The van der Waals surface area contributed by atoms with Gasteiger partial charge >= 0.3 is 0 Å². The molecule has 0 unspecified atom stereocenters. The SMILES string of the molecule is Cc1cccc(NC(=O)Cn2c(O)c(C(C#N)=C3N=c4ccccc4=N3)c3ccccc32)c1. The van der Waals surface area contributed by atoms with Gasteiger partial charge in [-0.2, -0.15) is 5.26 Å². The van der Waals surface area contributed by atoms with Gasteiger partial charge in [0.05, 0.1) is 21.8 Å². The lowest BCUT2D eigenvalue weighted by atomic mass is 10.1. The highest BCUT2D eigenvalue weighted by molar-refractivity contribution is 6.01. The van der Waals surface area contributed by atoms with Gasteiger partial charge in [-0.05, 0) is 42.8 Å². The zero-order valence-corrected chi connectivity index (χ0v) is 17.8. The van der Waals surface area contributed by atoms with Crippen LogP contribution in [0.15, 0.2) is 88.6 Å². The third kappa shape index (κ3) is 3.64. The fourth-order valence-corrected chi connectivity index (χ4v) is 4.00. The summed E-state index contributed by atoms with van der Waals surface area (Å²) in [6, 6.07) is 24.2. The number of rotatable bonds is 4. The number of carbonyl (C=O) groups is 1. The number of para-hydroxylation sites is 3. The second-order valence-electron chi connectivity index (χ2n) is 7.74. The Morgan fingerprint density at radius 3 is 2.42 bits per heavy atom. The molecule has 0 radical (unpaired) electrons. The van der Waals surface area contributed by atoms with Crippen LogP contribution >= 0.6 is 0 Å². The van der Waals surface area contributed by atoms with Gasteiger partial charge in [-0.1, -0.05) is 42.5 Å². The minimum atomic E-state index is -0.294. The van der Waals surface area contributed by atoms with Gasteiger partial charge in [0.2, 0.25) is 11.8 Å². The Morgan fingerprint density at radius 1 is 1.03 bits per heavy atom. The van der Waals surface area contributed by atoms with Crippen molar-refractivity contribution < 1.29 is 9.90 Å². The van der Waals surface area contributed by atoms with Crippen LogP contribution in [0.2, 0.25) is 0 Å². The van der Waals surface area contributed by atoms with Crippen molar-refractivity contribution in [3.05, 3.63) is 100 Å². The summed E-state index contributed by atoms with van der Waals surface area (Å²) in [6.45, 7) is 1.82. The van der Waals surface area contributed by atoms with Crippen LogP contribution in [-0.4, -0.2) is 15.6 Å². The highest BCUT2D eigenvalue weighted by Crippen LogP contribution is 2.38. The number of benzene rings is 3. The molecule has 1 aromatic heterocycles. The number of nitriles is 1. The van der Waals surface area contributed by atoms with Crippen LogP contribution in [0, 0.1) is 18.3 Å². The lowest BCUT2D eigenvalue weighted by Crippen LogP contribution is -2.19. The van der Waals surface area contributed by atoms with Crippen LogP contribution in [0.25, 0.3) is 16.5 Å². The van der Waals surface area contributed by atoms with Crippen molar-refractivity contribution in [2.24, 2.45) is 9.98 Å². The summed E-state index contributed by atoms with van der Waals surface area (Å²) in [4.78, 5) is 21.7. The molecule has 7 heteroatoms. The van der Waals surface area contributed by atoms with Crippen molar-refractivity contribution in [2.45, 2.75) is 13.5 Å². The number of nitrogens with one attached hydrogen (secondary N) is 1. The van der Waals surface area contributed by atoms with E-state index in [1.54, 1.807) is 12.1 Å². The zero-order chi connectivity index (χ0) is 22.9. The Hall–Kier alpha value is -4.70. The monoisotopic (exact) mass is 433 g/mol. The molecule has 160 valence electrons. The van der Waals surface area contributed by atoms with Crippen LogP contribution in [-0.2, 0) is 11.3 Å². The smallest absolute Gasteiger partial charge is 0.244 e. The molecule has 5 rings (SSSR count). The number of nitrogens with zero attached hydrogens (tertiary/aromatic N) is 4. The minimum Gasteiger partial charge on any atom is -0.494 e. The number of carbonyl (C=O) groups excluding carboxylic acids is 1. The molecule has 0 saturated heterocycles. The molecule has 2 N–H and O–H groups in total. The van der Waals surface area contributed by atoms with Crippen molar-refractivity contribution in [3.8, 4) is 11.9 Å². The van der Waals surface area contributed by atoms with Crippen molar-refractivity contribution in [2.75, 3.05) is 5.32 Å². The standard InChI is InChI=1S/C26H19N5O2/c1-16-7-6-8-17(13-16)28-23(32)15-31-22-12-5-2-9-18(22)24(26(31)33)19(14-27)25-29-20-10-3-4-11-21(20)30-25/h2-13,33H,15H2,1H3,(H,28,32). The van der Waals surface area contributed by atoms with Crippen LogP contribution in [0.4, 0.5) is 5.69 Å². The van der Waals surface area contributed by atoms with E-state index in [9.17, 15) is 15.2 Å². The Morgan fingerprint density at radius 2 is 1.73 bits per heavy atom. The fraction of sp³-hybridized carbons (Fsp3) is 0.0769. The minimum absolute atomic E-state index is 0.122. The molecule has 33 heavy (non-hydrogen) atoms. The highest BCUT2D eigenvalue weighted by atomic mass is 16.3. The molecule has 4 aromatic rings. The van der Waals surface area contributed by atoms with E-state index in [4.69, 9.17) is 0 Å². The van der Waals surface area contributed by atoms with Gasteiger partial charge in [0, 0.05) is 11.1 Å². The van der Waals surface area contributed by atoms with E-state index in [0.717, 1.165) is 5.56 Å². The molecule has 1 aliphatic rings. The molecular formula is C26H19N5O2. The van der Waals surface area contributed by atoms with Crippen LogP contribution < -0.4 is 16.0 Å². The summed E-state index contributed by atoms with van der Waals surface area (Å²) >= 11 is 0. The van der Waals surface area contributed by atoms with Crippen molar-refractivity contribution >= 4 is 28.1 Å². The van der Waals surface area contributed by atoms with Crippen molar-refractivity contribution in [3.63, 3.8) is 0 Å². The normalized spacial score (nSPS) is 11.9. The second-order valence-corrected chi connectivity index (χ2v) is 7.74. The molecule has 3 aromatic carbocycles. The van der Waals surface area contributed by atoms with Gasteiger partial charge in [-0.3, -0.25) is 4.79 Å². The highest BCUT2D eigenvalue weighted by Gasteiger charge is 2.24. The van der Waals surface area contributed by atoms with E-state index in [0.29, 0.717) is 32.9 Å². The number of aromatic hydroxyl groups is 1. The van der Waals surface area contributed by atoms with Gasteiger partial charge in [-0.15, -0.1) is 0 Å². The maximum Gasteiger partial charge on any atom is 0.244 e. The maximum absolute atomic E-state index is 12.8. The molecule has 0 spiro atoms. The first-order chi connectivity index (χ1) is 16.0. The molecule has 0 bridgehead atoms. The average Bonchev–Trinajstić information content (AvgIpc) is 3.35. The number of fused-ring (bicyclic) bond motifs is 2. The summed E-state index contributed by atoms with van der Waals surface area (Å²) in [5.41, 5.74) is 2.80. The van der Waals surface area contributed by atoms with E-state index in [2.05, 4.69) is 21.4 Å². The third-order valence-corrected chi connectivity index (χ3v) is 5.47. The quantitative estimate of drug-likeness (QED) is 0.482. The average molecular weight is 433 g/mol. The second kappa shape index (κ2) is 8.09. The van der Waals surface area contributed by atoms with Crippen molar-refractivity contribution in [1.29, 1.82) is 5.26 Å². The molecule has 7 nitrogen and oxygen atoms in total. The third-order valence-electron chi connectivity index (χ3n) is 5.47. The fourth-order valence-electron chi connectivity index (χ4n) is 4.00. The summed E-state index contributed by atoms with van der Waals surface area (Å²) in [7, 11) is 0. The number of hydrogen-bond acceptors (Lipinski definition) is 5. The van der Waals surface area contributed by atoms with Gasteiger partial charge in [-0.25, -0.2) is 9.98 Å². The number of aromatic nitrogens is 1. The molecule has 0 aliphatic carbocycles. The van der Waals surface area contributed by atoms with E-state index in [1.807, 2.05) is 67.6 Å². The summed E-state index contributed by atoms with van der Waals surface area (Å²) in [5.74, 6) is -0.237. The Kier molecular flexibility index (Phi) is 4.96. The molecule has 0 atom stereocenters. The predicted molar refractivity (Wildman–Crippen MR) is 125 cm³/mol. The van der Waals surface area contributed by atoms with E-state index in [1.165, 1.54) is 4.57 Å². The zero-order valence-electron chi connectivity index (χ0n) is 17.8. The molecule has 2 heterocycles. The van der Waals surface area contributed by atoms with Gasteiger partial charge < -0.3 is 15.0 Å². The van der Waals surface area contributed by atoms with Gasteiger partial charge in [0.1, 0.15) is 18.2 Å². The Bertz CT molecular complexity index is 1590. The Balaban J connectivity index is 1.60. The number of allylic oxidation sites excluding steroid dienone is 1. The van der Waals surface area contributed by atoms with E-state index in [-0.39, 0.29) is 29.7 Å². The summed E-state index contributed by atoms with van der Waals surface area (Å²) in [6.07, 6.45) is 0. The molecular weight excluding hydrogens is 414 g/mol. The number of aryl methyl sites for hydroxylation is 1. The lowest BCUT2D eigenvalue weighted by Gasteiger charge is -2.09. The summed E-state index contributed by atoms with van der Waals surface area (Å²) in [5, 5.41) is 26.0. The summed E-state index contributed by atoms with van der Waals surface area (Å²) < 4.78 is 1.50. The number of amides is 1. The predicted octanol–water partition coefficient (Wildman–Crippen LogP) is 3.44. The lowest BCUT2D eigenvalue weighted by molar-refractivity contribution is -0.116. The number of hydrogen-bond donors (Lipinski definition) is 2. The van der Waals surface area contributed by atoms with Crippen molar-refractivity contribution in [1.82, 2.24) is 4.57 Å². The van der Waals surface area contributed by atoms with Gasteiger partial charge in [0.25, 0.3) is 0 Å². The first kappa shape index (κ1) is 20.2. The maximum atomic E-state index is 12.8. The molecule has 0 saturated carbocycles. The largest absolute Gasteiger partial charge is 0.494 e. The van der Waals surface area contributed by atoms with E-state index < -0.39 is 0 Å². The molecule has 1 aliphatic heterocycles.